The largest absolute Gasteiger partial charge is 0.384 e. The second kappa shape index (κ2) is 6.10. The summed E-state index contributed by atoms with van der Waals surface area (Å²) in [6.07, 6.45) is 1.72. The van der Waals surface area contributed by atoms with Gasteiger partial charge in [-0.3, -0.25) is 4.90 Å². The maximum absolute atomic E-state index is 5.75. The first kappa shape index (κ1) is 13.8. The first-order valence-corrected chi connectivity index (χ1v) is 7.34. The predicted molar refractivity (Wildman–Crippen MR) is 85.0 cm³/mol. The van der Waals surface area contributed by atoms with Gasteiger partial charge in [0.2, 0.25) is 5.95 Å². The van der Waals surface area contributed by atoms with Crippen LogP contribution in [0.15, 0.2) is 42.6 Å². The fourth-order valence-corrected chi connectivity index (χ4v) is 2.82. The van der Waals surface area contributed by atoms with Gasteiger partial charge >= 0.3 is 0 Å². The molecule has 21 heavy (non-hydrogen) atoms. The molecule has 1 saturated heterocycles. The Bertz CT molecular complexity index is 586. The third-order valence-corrected chi connectivity index (χ3v) is 3.88. The number of aromatic nitrogens is 2. The normalized spacial score (nSPS) is 19.7. The van der Waals surface area contributed by atoms with E-state index in [0.29, 0.717) is 11.9 Å². The van der Waals surface area contributed by atoms with Gasteiger partial charge in [0.15, 0.2) is 0 Å². The van der Waals surface area contributed by atoms with Crippen molar-refractivity contribution in [2.75, 3.05) is 30.3 Å². The zero-order chi connectivity index (χ0) is 14.7. The summed E-state index contributed by atoms with van der Waals surface area (Å²) in [6.45, 7) is 6.16. The van der Waals surface area contributed by atoms with E-state index >= 15 is 0 Å². The molecule has 1 atom stereocenters. The molecule has 0 amide bonds. The Hall–Kier alpha value is -2.14. The molecule has 1 aromatic heterocycles. The van der Waals surface area contributed by atoms with Crippen molar-refractivity contribution in [2.24, 2.45) is 0 Å². The minimum atomic E-state index is 0.379. The summed E-state index contributed by atoms with van der Waals surface area (Å²) >= 11 is 0. The van der Waals surface area contributed by atoms with E-state index in [9.17, 15) is 0 Å². The molecule has 2 heterocycles. The smallest absolute Gasteiger partial charge is 0.227 e. The molecule has 2 aromatic rings. The molecule has 2 N–H and O–H groups in total. The Labute approximate surface area is 125 Å². The Morgan fingerprint density at radius 3 is 2.71 bits per heavy atom. The monoisotopic (exact) mass is 283 g/mol. The summed E-state index contributed by atoms with van der Waals surface area (Å²) < 4.78 is 0. The van der Waals surface area contributed by atoms with Gasteiger partial charge in [0.05, 0.1) is 0 Å². The second-order valence-corrected chi connectivity index (χ2v) is 5.54. The number of nitrogens with two attached hydrogens (primary N) is 1. The number of nitrogen functional groups attached to an aromatic ring is 1. The highest BCUT2D eigenvalue weighted by Crippen LogP contribution is 2.18. The standard InChI is InChI=1S/C16H21N5/c1-13-11-20(12-14-5-3-2-4-6-14)9-10-21(13)16-18-8-7-15(17)19-16/h2-8,13H,9-12H2,1H3,(H2,17,18,19). The minimum Gasteiger partial charge on any atom is -0.384 e. The third kappa shape index (κ3) is 3.31. The number of piperazine rings is 1. The molecule has 0 radical (unpaired) electrons. The topological polar surface area (TPSA) is 58.3 Å². The van der Waals surface area contributed by atoms with E-state index in [-0.39, 0.29) is 0 Å². The zero-order valence-electron chi connectivity index (χ0n) is 12.3. The maximum Gasteiger partial charge on any atom is 0.227 e. The van der Waals surface area contributed by atoms with E-state index in [1.165, 1.54) is 5.56 Å². The van der Waals surface area contributed by atoms with Crippen LogP contribution >= 0.6 is 0 Å². The fraction of sp³-hybridized carbons (Fsp3) is 0.375. The van der Waals surface area contributed by atoms with Crippen molar-refractivity contribution in [3.8, 4) is 0 Å². The van der Waals surface area contributed by atoms with Gasteiger partial charge in [0, 0.05) is 38.4 Å². The molecule has 0 aliphatic carbocycles. The molecular formula is C16H21N5. The lowest BCUT2D eigenvalue weighted by molar-refractivity contribution is 0.219. The molecule has 0 spiro atoms. The van der Waals surface area contributed by atoms with Crippen molar-refractivity contribution in [1.29, 1.82) is 0 Å². The average molecular weight is 283 g/mol. The average Bonchev–Trinajstić information content (AvgIpc) is 2.48. The van der Waals surface area contributed by atoms with Crippen molar-refractivity contribution in [1.82, 2.24) is 14.9 Å². The molecule has 1 unspecified atom stereocenters. The zero-order valence-corrected chi connectivity index (χ0v) is 12.3. The Morgan fingerprint density at radius 1 is 1.19 bits per heavy atom. The summed E-state index contributed by atoms with van der Waals surface area (Å²) in [5, 5.41) is 0. The lowest BCUT2D eigenvalue weighted by atomic mass is 10.1. The van der Waals surface area contributed by atoms with E-state index in [1.54, 1.807) is 12.3 Å². The van der Waals surface area contributed by atoms with E-state index in [2.05, 4.69) is 57.0 Å². The Kier molecular flexibility index (Phi) is 4.01. The van der Waals surface area contributed by atoms with Crippen LogP contribution < -0.4 is 10.6 Å². The van der Waals surface area contributed by atoms with Crippen LogP contribution in [0.5, 0.6) is 0 Å². The van der Waals surface area contributed by atoms with Gasteiger partial charge in [-0.1, -0.05) is 30.3 Å². The van der Waals surface area contributed by atoms with Crippen LogP contribution in [0.3, 0.4) is 0 Å². The van der Waals surface area contributed by atoms with E-state index in [1.807, 2.05) is 0 Å². The number of nitrogens with zero attached hydrogens (tertiary/aromatic N) is 4. The van der Waals surface area contributed by atoms with Crippen molar-refractivity contribution < 1.29 is 0 Å². The molecule has 3 rings (SSSR count). The molecule has 1 aromatic carbocycles. The summed E-state index contributed by atoms with van der Waals surface area (Å²) in [6, 6.07) is 12.7. The van der Waals surface area contributed by atoms with Crippen LogP contribution in [0.25, 0.3) is 0 Å². The Morgan fingerprint density at radius 2 is 2.00 bits per heavy atom. The van der Waals surface area contributed by atoms with Gasteiger partial charge < -0.3 is 10.6 Å². The molecule has 0 bridgehead atoms. The highest BCUT2D eigenvalue weighted by Gasteiger charge is 2.25. The van der Waals surface area contributed by atoms with Crippen LogP contribution in [-0.2, 0) is 6.54 Å². The van der Waals surface area contributed by atoms with Gasteiger partial charge in [-0.15, -0.1) is 0 Å². The molecule has 5 nitrogen and oxygen atoms in total. The quantitative estimate of drug-likeness (QED) is 0.930. The number of hydrogen-bond acceptors (Lipinski definition) is 5. The van der Waals surface area contributed by atoms with Crippen LogP contribution in [0, 0.1) is 0 Å². The predicted octanol–water partition coefficient (Wildman–Crippen LogP) is 1.77. The number of benzene rings is 1. The van der Waals surface area contributed by atoms with Gasteiger partial charge in [0.1, 0.15) is 5.82 Å². The van der Waals surface area contributed by atoms with E-state index in [4.69, 9.17) is 5.73 Å². The first-order chi connectivity index (χ1) is 10.2. The van der Waals surface area contributed by atoms with Crippen LogP contribution in [0.1, 0.15) is 12.5 Å². The molecule has 1 aliphatic heterocycles. The summed E-state index contributed by atoms with van der Waals surface area (Å²) in [7, 11) is 0. The summed E-state index contributed by atoms with van der Waals surface area (Å²) in [5.41, 5.74) is 7.11. The lowest BCUT2D eigenvalue weighted by Crippen LogP contribution is -2.52. The fourth-order valence-electron chi connectivity index (χ4n) is 2.82. The van der Waals surface area contributed by atoms with Gasteiger partial charge in [-0.25, -0.2) is 4.98 Å². The van der Waals surface area contributed by atoms with Crippen molar-refractivity contribution >= 4 is 11.8 Å². The number of hydrogen-bond donors (Lipinski definition) is 1. The van der Waals surface area contributed by atoms with Crippen LogP contribution in [-0.4, -0.2) is 40.5 Å². The third-order valence-electron chi connectivity index (χ3n) is 3.88. The van der Waals surface area contributed by atoms with Crippen molar-refractivity contribution in [2.45, 2.75) is 19.5 Å². The maximum atomic E-state index is 5.75. The highest BCUT2D eigenvalue weighted by molar-refractivity contribution is 5.39. The van der Waals surface area contributed by atoms with Crippen LogP contribution in [0.2, 0.25) is 0 Å². The first-order valence-electron chi connectivity index (χ1n) is 7.34. The van der Waals surface area contributed by atoms with Crippen molar-refractivity contribution in [3.05, 3.63) is 48.2 Å². The van der Waals surface area contributed by atoms with Gasteiger partial charge in [-0.2, -0.15) is 4.98 Å². The summed E-state index contributed by atoms with van der Waals surface area (Å²) in [4.78, 5) is 13.4. The van der Waals surface area contributed by atoms with Gasteiger partial charge in [0.25, 0.3) is 0 Å². The lowest BCUT2D eigenvalue weighted by Gasteiger charge is -2.39. The molecule has 0 saturated carbocycles. The molecule has 5 heteroatoms. The molecule has 1 aliphatic rings. The minimum absolute atomic E-state index is 0.379. The summed E-state index contributed by atoms with van der Waals surface area (Å²) in [5.74, 6) is 1.26. The highest BCUT2D eigenvalue weighted by atomic mass is 15.3. The number of anilines is 2. The van der Waals surface area contributed by atoms with E-state index < -0.39 is 0 Å². The number of rotatable bonds is 3. The second-order valence-electron chi connectivity index (χ2n) is 5.54. The van der Waals surface area contributed by atoms with Crippen LogP contribution in [0.4, 0.5) is 11.8 Å². The van der Waals surface area contributed by atoms with Gasteiger partial charge in [-0.05, 0) is 18.6 Å². The van der Waals surface area contributed by atoms with E-state index in [0.717, 1.165) is 32.1 Å². The molecule has 1 fully saturated rings. The van der Waals surface area contributed by atoms with Crippen molar-refractivity contribution in [3.63, 3.8) is 0 Å². The molecular weight excluding hydrogens is 262 g/mol. The molecule has 110 valence electrons. The Balaban J connectivity index is 1.64. The SMILES string of the molecule is CC1CN(Cc2ccccc2)CCN1c1nccc(N)n1.